The van der Waals surface area contributed by atoms with Crippen molar-refractivity contribution in [2.24, 2.45) is 14.1 Å². The number of hydrogen-bond acceptors (Lipinski definition) is 12. The molecule has 0 unspecified atom stereocenters. The molecule has 9 heterocycles. The normalized spacial score (nSPS) is 19.6. The Hall–Kier alpha value is -3.41. The van der Waals surface area contributed by atoms with Gasteiger partial charge in [0.1, 0.15) is 24.8 Å². The predicted octanol–water partition coefficient (Wildman–Crippen LogP) is 10.8. The van der Waals surface area contributed by atoms with Crippen LogP contribution in [0.5, 0.6) is 0 Å². The van der Waals surface area contributed by atoms with Gasteiger partial charge in [0, 0.05) is 124 Å². The van der Waals surface area contributed by atoms with Crippen LogP contribution in [0.4, 0.5) is 0 Å². The largest absolute Gasteiger partial charge is 0.496 e. The average Bonchev–Trinajstić information content (AvgIpc) is 4.13. The highest BCUT2D eigenvalue weighted by molar-refractivity contribution is 9.10. The highest BCUT2D eigenvalue weighted by Crippen LogP contribution is 2.43. The molecule has 22 heteroatoms. The number of fused-ring (bicyclic) bond motifs is 2. The van der Waals surface area contributed by atoms with Crippen molar-refractivity contribution in [3.8, 4) is 22.3 Å². The van der Waals surface area contributed by atoms with Gasteiger partial charge in [0.05, 0.1) is 46.0 Å². The standard InChI is InChI=1S/C23H35BN4O3Si.C17H23BrN4OSi.C12H24B2O4/c1-22(2)23(3,4)31-24(30-22)18-11-19-20(17-12-26-27(5)14-17)15-28(21(19)25-13-18)16-29-9-10-32(6,7)8;1-21-10-13(8-20-21)16-11-22(12-23-5-6-24(2,3)4)17-15(16)7-14(18)9-19-17;1-9(2)10(3,4)16-13(15-9)14-17-11(5,6)12(7,8)18-14/h11-15H,9-10,16H2,1-8H3;7-11H,5-6,12H2,1-4H3;1-8H3. The first-order chi connectivity index (χ1) is 34.1. The summed E-state index contributed by atoms with van der Waals surface area (Å²) in [7, 11) is 0.256. The molecule has 0 bridgehead atoms. The lowest BCUT2D eigenvalue weighted by atomic mass is 9.49. The molecule has 0 aromatic carbocycles. The Bertz CT molecular complexity index is 2820. The summed E-state index contributed by atoms with van der Waals surface area (Å²) in [5, 5.41) is 10.8. The molecule has 3 fully saturated rings. The molecule has 0 N–H and O–H groups in total. The van der Waals surface area contributed by atoms with Gasteiger partial charge in [0.15, 0.2) is 0 Å². The minimum atomic E-state index is -1.13. The van der Waals surface area contributed by atoms with Gasteiger partial charge in [-0.2, -0.15) is 10.2 Å². The zero-order valence-electron chi connectivity index (χ0n) is 48.0. The molecule has 0 amide bonds. The van der Waals surface area contributed by atoms with Crippen LogP contribution in [0.2, 0.25) is 51.4 Å². The Morgan fingerprint density at radius 2 is 0.878 bits per heavy atom. The number of nitrogens with zero attached hydrogens (tertiary/aromatic N) is 8. The fourth-order valence-electron chi connectivity index (χ4n) is 8.30. The monoisotopic (exact) mass is 1110 g/mol. The zero-order chi connectivity index (χ0) is 54.6. The molecular formula is C52H82B3BrN8O8Si2. The van der Waals surface area contributed by atoms with Crippen molar-refractivity contribution in [1.82, 2.24) is 38.7 Å². The Morgan fingerprint density at radius 3 is 1.24 bits per heavy atom. The summed E-state index contributed by atoms with van der Waals surface area (Å²) < 4.78 is 57.1. The molecule has 0 saturated carbocycles. The van der Waals surface area contributed by atoms with Crippen LogP contribution in [0.3, 0.4) is 0 Å². The van der Waals surface area contributed by atoms with E-state index >= 15 is 0 Å². The summed E-state index contributed by atoms with van der Waals surface area (Å²) in [5.74, 6) is 0. The molecule has 6 aromatic heterocycles. The van der Waals surface area contributed by atoms with E-state index in [1.807, 2.05) is 116 Å². The van der Waals surface area contributed by atoms with Gasteiger partial charge in [-0.05, 0) is 123 Å². The highest BCUT2D eigenvalue weighted by Gasteiger charge is 2.63. The van der Waals surface area contributed by atoms with E-state index in [0.29, 0.717) is 13.5 Å². The van der Waals surface area contributed by atoms with Crippen molar-refractivity contribution < 1.29 is 37.4 Å². The summed E-state index contributed by atoms with van der Waals surface area (Å²) in [6.45, 7) is 41.2. The van der Waals surface area contributed by atoms with Crippen LogP contribution in [-0.2, 0) is 65.0 Å². The minimum absolute atomic E-state index is 0.360. The first-order valence-electron chi connectivity index (χ1n) is 25.9. The van der Waals surface area contributed by atoms with Gasteiger partial charge in [0.25, 0.3) is 0 Å². The molecule has 3 aliphatic heterocycles. The van der Waals surface area contributed by atoms with Crippen LogP contribution in [0.25, 0.3) is 44.3 Å². The number of ether oxygens (including phenoxy) is 2. The molecule has 402 valence electrons. The lowest BCUT2D eigenvalue weighted by Gasteiger charge is -2.32. The quantitative estimate of drug-likeness (QED) is 0.0756. The molecule has 0 atom stereocenters. The fourth-order valence-corrected chi connectivity index (χ4v) is 10.1. The second kappa shape index (κ2) is 21.4. The van der Waals surface area contributed by atoms with Crippen molar-refractivity contribution in [1.29, 1.82) is 0 Å². The van der Waals surface area contributed by atoms with E-state index < -0.39 is 48.5 Å². The molecular weight excluding hydrogens is 1030 g/mol. The lowest BCUT2D eigenvalue weighted by Crippen LogP contribution is -2.41. The van der Waals surface area contributed by atoms with Crippen LogP contribution in [0, 0.1) is 0 Å². The Balaban J connectivity index is 0.000000169. The summed E-state index contributed by atoms with van der Waals surface area (Å²) in [5.41, 5.74) is 4.85. The molecule has 0 aliphatic carbocycles. The summed E-state index contributed by atoms with van der Waals surface area (Å²) in [6.07, 6.45) is 15.7. The number of aryl methyl sites for hydroxylation is 2. The Kier molecular flexibility index (Phi) is 16.9. The molecule has 9 rings (SSSR count). The first kappa shape index (κ1) is 58.3. The second-order valence-electron chi connectivity index (χ2n) is 25.5. The van der Waals surface area contributed by atoms with E-state index in [2.05, 4.69) is 132 Å². The molecule has 3 saturated heterocycles. The van der Waals surface area contributed by atoms with Crippen LogP contribution >= 0.6 is 15.9 Å². The van der Waals surface area contributed by atoms with E-state index in [1.54, 1.807) is 0 Å². The number of hydrogen-bond donors (Lipinski definition) is 0. The van der Waals surface area contributed by atoms with E-state index in [-0.39, 0.29) is 22.4 Å². The van der Waals surface area contributed by atoms with Crippen molar-refractivity contribution in [2.75, 3.05) is 13.2 Å². The lowest BCUT2D eigenvalue weighted by molar-refractivity contribution is 0.00578. The van der Waals surface area contributed by atoms with E-state index in [9.17, 15) is 0 Å². The zero-order valence-corrected chi connectivity index (χ0v) is 51.6. The van der Waals surface area contributed by atoms with Crippen LogP contribution in [0.1, 0.15) is 83.1 Å². The maximum atomic E-state index is 6.26. The van der Waals surface area contributed by atoms with E-state index in [0.717, 1.165) is 73.5 Å². The van der Waals surface area contributed by atoms with Crippen molar-refractivity contribution >= 4 is 80.7 Å². The van der Waals surface area contributed by atoms with Crippen LogP contribution in [-0.4, -0.2) is 123 Å². The van der Waals surface area contributed by atoms with Crippen LogP contribution in [0.15, 0.2) is 66.2 Å². The molecule has 16 nitrogen and oxygen atoms in total. The van der Waals surface area contributed by atoms with Crippen molar-refractivity contribution in [3.05, 3.63) is 66.2 Å². The Morgan fingerprint density at radius 1 is 0.514 bits per heavy atom. The number of halogens is 1. The smallest absolute Gasteiger partial charge is 0.405 e. The Labute approximate surface area is 451 Å². The van der Waals surface area contributed by atoms with Crippen molar-refractivity contribution in [3.63, 3.8) is 0 Å². The third-order valence-electron chi connectivity index (χ3n) is 15.2. The molecule has 0 spiro atoms. The molecule has 74 heavy (non-hydrogen) atoms. The van der Waals surface area contributed by atoms with Crippen molar-refractivity contribution in [2.45, 2.75) is 182 Å². The van der Waals surface area contributed by atoms with Gasteiger partial charge in [-0.1, -0.05) is 39.3 Å². The average molecular weight is 1120 g/mol. The van der Waals surface area contributed by atoms with Gasteiger partial charge in [-0.3, -0.25) is 9.36 Å². The first-order valence-corrected chi connectivity index (χ1v) is 34.1. The fraction of sp³-hybridized carbons (Fsp3) is 0.615. The molecule has 0 radical (unpaired) electrons. The van der Waals surface area contributed by atoms with Gasteiger partial charge in [-0.25, -0.2) is 9.97 Å². The van der Waals surface area contributed by atoms with Gasteiger partial charge < -0.3 is 46.5 Å². The minimum Gasteiger partial charge on any atom is -0.405 e. The number of pyridine rings is 2. The summed E-state index contributed by atoms with van der Waals surface area (Å²) >= 11 is 3.52. The third kappa shape index (κ3) is 13.3. The van der Waals surface area contributed by atoms with E-state index in [4.69, 9.17) is 42.4 Å². The number of rotatable bonds is 14. The van der Waals surface area contributed by atoms with Gasteiger partial charge >= 0.3 is 21.1 Å². The topological polar surface area (TPSA) is 145 Å². The van der Waals surface area contributed by atoms with Gasteiger partial charge in [0.2, 0.25) is 0 Å². The second-order valence-corrected chi connectivity index (χ2v) is 37.7. The molecule has 3 aliphatic rings. The summed E-state index contributed by atoms with van der Waals surface area (Å²) in [6, 6.07) is 6.54. The summed E-state index contributed by atoms with van der Waals surface area (Å²) in [4.78, 5) is 9.38. The van der Waals surface area contributed by atoms with Crippen LogP contribution < -0.4 is 5.46 Å². The molecule has 6 aromatic rings. The third-order valence-corrected chi connectivity index (χ3v) is 19.0. The maximum Gasteiger partial charge on any atom is 0.496 e. The highest BCUT2D eigenvalue weighted by atomic mass is 79.9. The van der Waals surface area contributed by atoms with E-state index in [1.165, 1.54) is 6.04 Å². The van der Waals surface area contributed by atoms with Gasteiger partial charge in [-0.15, -0.1) is 0 Å². The predicted molar refractivity (Wildman–Crippen MR) is 308 cm³/mol. The number of aromatic nitrogens is 8. The maximum absolute atomic E-state index is 6.26. The SMILES string of the molecule is CC1(C)OB(B2OC(C)(C)C(C)(C)O2)OC1(C)C.Cn1cc(-c2cn(COCC[Si](C)(C)C)c3ncc(B4OC(C)(C)C(C)(C)O4)cc23)cn1.Cn1cc(-c2cn(COCC[Si](C)(C)C)c3ncc(Br)cc23)cn1.